The molecule has 0 aliphatic rings. The molecule has 0 aliphatic heterocycles. The summed E-state index contributed by atoms with van der Waals surface area (Å²) in [6.07, 6.45) is 1.44. The third-order valence-electron chi connectivity index (χ3n) is 2.99. The summed E-state index contributed by atoms with van der Waals surface area (Å²) >= 11 is 6.07. The predicted molar refractivity (Wildman–Crippen MR) is 79.4 cm³/mol. The van der Waals surface area contributed by atoms with E-state index >= 15 is 0 Å². The smallest absolute Gasteiger partial charge is 0.239 e. The number of hydrazine groups is 1. The molecule has 1 unspecified atom stereocenters. The highest BCUT2D eigenvalue weighted by molar-refractivity contribution is 6.32. The lowest BCUT2D eigenvalue weighted by Crippen LogP contribution is -2.36. The minimum Gasteiger partial charge on any atom is -0.394 e. The number of aliphatic hydroxyl groups is 1. The lowest BCUT2D eigenvalue weighted by molar-refractivity contribution is 0.223. The Morgan fingerprint density at radius 2 is 2.05 bits per heavy atom. The molecule has 6 nitrogen and oxygen atoms in total. The second-order valence-electron chi connectivity index (χ2n) is 4.52. The number of aromatic nitrogens is 2. The van der Waals surface area contributed by atoms with Crippen LogP contribution < -0.4 is 16.6 Å². The number of halogens is 1. The van der Waals surface area contributed by atoms with Gasteiger partial charge in [-0.15, -0.1) is 0 Å². The molecule has 106 valence electrons. The van der Waals surface area contributed by atoms with E-state index in [9.17, 15) is 5.11 Å². The number of anilines is 2. The van der Waals surface area contributed by atoms with Gasteiger partial charge in [0.2, 0.25) is 5.95 Å². The highest BCUT2D eigenvalue weighted by Gasteiger charge is 2.27. The second kappa shape index (κ2) is 6.04. The molecular weight excluding hydrogens is 278 g/mol. The van der Waals surface area contributed by atoms with Gasteiger partial charge >= 0.3 is 0 Å². The van der Waals surface area contributed by atoms with Crippen molar-refractivity contribution in [1.82, 2.24) is 9.97 Å². The molecule has 2 rings (SSSR count). The molecule has 5 N–H and O–H groups in total. The average Bonchev–Trinajstić information content (AvgIpc) is 2.50. The maximum atomic E-state index is 9.73. The van der Waals surface area contributed by atoms with E-state index in [1.807, 2.05) is 37.3 Å². The Hall–Kier alpha value is -1.89. The zero-order chi connectivity index (χ0) is 14.6. The molecule has 0 radical (unpaired) electrons. The number of nitrogens with one attached hydrogen (secondary N) is 2. The van der Waals surface area contributed by atoms with Gasteiger partial charge in [0.1, 0.15) is 5.02 Å². The van der Waals surface area contributed by atoms with Gasteiger partial charge < -0.3 is 10.4 Å². The van der Waals surface area contributed by atoms with Crippen molar-refractivity contribution in [2.75, 3.05) is 17.3 Å². The van der Waals surface area contributed by atoms with E-state index in [2.05, 4.69) is 20.7 Å². The zero-order valence-electron chi connectivity index (χ0n) is 11.0. The van der Waals surface area contributed by atoms with Crippen LogP contribution in [0, 0.1) is 0 Å². The summed E-state index contributed by atoms with van der Waals surface area (Å²) in [4.78, 5) is 8.05. The first kappa shape index (κ1) is 14.5. The maximum Gasteiger partial charge on any atom is 0.239 e. The quantitative estimate of drug-likeness (QED) is 0.495. The minimum absolute atomic E-state index is 0.122. The van der Waals surface area contributed by atoms with Crippen molar-refractivity contribution in [3.05, 3.63) is 47.1 Å². The number of hydrogen-bond donors (Lipinski definition) is 4. The van der Waals surface area contributed by atoms with Gasteiger partial charge in [-0.25, -0.2) is 10.8 Å². The summed E-state index contributed by atoms with van der Waals surface area (Å²) in [5.74, 6) is 5.92. The maximum absolute atomic E-state index is 9.73. The van der Waals surface area contributed by atoms with Crippen molar-refractivity contribution in [1.29, 1.82) is 0 Å². The van der Waals surface area contributed by atoms with Gasteiger partial charge in [-0.05, 0) is 12.5 Å². The Balaban J connectivity index is 2.35. The number of benzene rings is 1. The fourth-order valence-electron chi connectivity index (χ4n) is 1.79. The molecule has 7 heteroatoms. The van der Waals surface area contributed by atoms with Gasteiger partial charge in [0.25, 0.3) is 0 Å². The van der Waals surface area contributed by atoms with Crippen molar-refractivity contribution in [3.63, 3.8) is 0 Å². The van der Waals surface area contributed by atoms with Crippen molar-refractivity contribution < 1.29 is 5.11 Å². The third-order valence-corrected chi connectivity index (χ3v) is 3.27. The average molecular weight is 294 g/mol. The molecule has 0 bridgehead atoms. The Morgan fingerprint density at radius 3 is 2.65 bits per heavy atom. The van der Waals surface area contributed by atoms with Crippen LogP contribution >= 0.6 is 11.6 Å². The van der Waals surface area contributed by atoms with Crippen LogP contribution in [0.1, 0.15) is 12.5 Å². The van der Waals surface area contributed by atoms with Gasteiger partial charge in [0.15, 0.2) is 5.82 Å². The Labute approximate surface area is 122 Å². The van der Waals surface area contributed by atoms with Crippen molar-refractivity contribution >= 4 is 23.4 Å². The van der Waals surface area contributed by atoms with Crippen LogP contribution in [0.5, 0.6) is 0 Å². The first-order chi connectivity index (χ1) is 9.59. The third kappa shape index (κ3) is 2.98. The number of nitrogens with zero attached hydrogens (tertiary/aromatic N) is 2. The molecule has 1 aromatic carbocycles. The summed E-state index contributed by atoms with van der Waals surface area (Å²) < 4.78 is 0. The summed E-state index contributed by atoms with van der Waals surface area (Å²) in [6, 6.07) is 9.55. The van der Waals surface area contributed by atoms with Gasteiger partial charge in [0.05, 0.1) is 18.3 Å². The van der Waals surface area contributed by atoms with E-state index in [0.29, 0.717) is 10.8 Å². The molecule has 0 aliphatic carbocycles. The van der Waals surface area contributed by atoms with Crippen molar-refractivity contribution in [3.8, 4) is 0 Å². The molecular formula is C13H16ClN5O. The first-order valence-electron chi connectivity index (χ1n) is 6.03. The fourth-order valence-corrected chi connectivity index (χ4v) is 1.93. The summed E-state index contributed by atoms with van der Waals surface area (Å²) in [6.45, 7) is 1.74. The topological polar surface area (TPSA) is 96.1 Å². The number of hydrogen-bond acceptors (Lipinski definition) is 6. The lowest BCUT2D eigenvalue weighted by Gasteiger charge is -2.30. The fraction of sp³-hybridized carbons (Fsp3) is 0.231. The molecule has 0 saturated heterocycles. The number of rotatable bonds is 5. The normalized spacial score (nSPS) is 13.6. The first-order valence-corrected chi connectivity index (χ1v) is 6.40. The Morgan fingerprint density at radius 1 is 1.35 bits per heavy atom. The van der Waals surface area contributed by atoms with E-state index < -0.39 is 5.54 Å². The van der Waals surface area contributed by atoms with E-state index in [1.165, 1.54) is 6.20 Å². The molecule has 0 spiro atoms. The van der Waals surface area contributed by atoms with Crippen LogP contribution in [-0.2, 0) is 5.54 Å². The Kier molecular flexibility index (Phi) is 4.39. The highest BCUT2D eigenvalue weighted by atomic mass is 35.5. The van der Waals surface area contributed by atoms with Gasteiger partial charge in [-0.2, -0.15) is 4.98 Å². The highest BCUT2D eigenvalue weighted by Crippen LogP contribution is 2.28. The van der Waals surface area contributed by atoms with Crippen LogP contribution in [0.25, 0.3) is 0 Å². The second-order valence-corrected chi connectivity index (χ2v) is 4.92. The van der Waals surface area contributed by atoms with Crippen molar-refractivity contribution in [2.45, 2.75) is 12.5 Å². The molecule has 0 amide bonds. The van der Waals surface area contributed by atoms with Crippen LogP contribution in [0.2, 0.25) is 5.02 Å². The number of aliphatic hydroxyl groups excluding tert-OH is 1. The number of nitrogen functional groups attached to an aromatic ring is 1. The summed E-state index contributed by atoms with van der Waals surface area (Å²) in [7, 11) is 0. The molecule has 1 aromatic heterocycles. The van der Waals surface area contributed by atoms with Crippen LogP contribution in [0.4, 0.5) is 11.8 Å². The molecule has 1 atom stereocenters. The summed E-state index contributed by atoms with van der Waals surface area (Å²) in [5, 5.41) is 13.2. The van der Waals surface area contributed by atoms with E-state index in [-0.39, 0.29) is 12.6 Å². The predicted octanol–water partition coefficient (Wildman–Crippen LogP) is 1.74. The van der Waals surface area contributed by atoms with Gasteiger partial charge in [-0.1, -0.05) is 41.9 Å². The Bertz CT molecular complexity index is 580. The standard InChI is InChI=1S/C13H16ClN5O/c1-13(8-20,9-5-3-2-4-6-9)18-11-10(14)7-16-12(17-11)19-15/h2-7,20H,8,15H2,1H3,(H2,16,17,18,19). The van der Waals surface area contributed by atoms with Crippen LogP contribution in [0.15, 0.2) is 36.5 Å². The van der Waals surface area contributed by atoms with Crippen molar-refractivity contribution in [2.24, 2.45) is 5.84 Å². The number of nitrogens with two attached hydrogens (primary N) is 1. The molecule has 20 heavy (non-hydrogen) atoms. The molecule has 1 heterocycles. The van der Waals surface area contributed by atoms with E-state index in [0.717, 1.165) is 5.56 Å². The molecule has 0 saturated carbocycles. The summed E-state index contributed by atoms with van der Waals surface area (Å²) in [5.41, 5.74) is 2.55. The largest absolute Gasteiger partial charge is 0.394 e. The molecule has 2 aromatic rings. The van der Waals surface area contributed by atoms with E-state index in [1.54, 1.807) is 0 Å². The van der Waals surface area contributed by atoms with Gasteiger partial charge in [0, 0.05) is 0 Å². The van der Waals surface area contributed by atoms with Crippen LogP contribution in [0.3, 0.4) is 0 Å². The van der Waals surface area contributed by atoms with Crippen LogP contribution in [-0.4, -0.2) is 21.7 Å². The monoisotopic (exact) mass is 293 g/mol. The van der Waals surface area contributed by atoms with Gasteiger partial charge in [-0.3, -0.25) is 5.43 Å². The SMILES string of the molecule is CC(CO)(Nc1nc(NN)ncc1Cl)c1ccccc1. The lowest BCUT2D eigenvalue weighted by atomic mass is 9.93. The molecule has 0 fully saturated rings. The zero-order valence-corrected chi connectivity index (χ0v) is 11.7. The van der Waals surface area contributed by atoms with E-state index in [4.69, 9.17) is 17.4 Å². The minimum atomic E-state index is -0.717.